The van der Waals surface area contributed by atoms with Crippen LogP contribution < -0.4 is 9.47 Å². The Kier molecular flexibility index (Phi) is 12.1. The highest BCUT2D eigenvalue weighted by Gasteiger charge is 2.15. The van der Waals surface area contributed by atoms with Gasteiger partial charge in [-0.25, -0.2) is 0 Å². The first-order chi connectivity index (χ1) is 21.6. The molecule has 5 rings (SSSR count). The van der Waals surface area contributed by atoms with Crippen molar-refractivity contribution in [2.45, 2.75) is 65.2 Å². The molecule has 0 aliphatic carbocycles. The van der Waals surface area contributed by atoms with Gasteiger partial charge in [-0.2, -0.15) is 0 Å². The summed E-state index contributed by atoms with van der Waals surface area (Å²) in [7, 11) is 0. The molecular weight excluding hydrogens is 676 g/mol. The molecule has 0 spiro atoms. The smallest absolute Gasteiger partial charge is 0.119 e. The third kappa shape index (κ3) is 8.39. The lowest BCUT2D eigenvalue weighted by atomic mass is 9.95. The fourth-order valence-corrected chi connectivity index (χ4v) is 6.44. The molecule has 0 aliphatic heterocycles. The van der Waals surface area contributed by atoms with Crippen LogP contribution in [0.5, 0.6) is 11.5 Å². The van der Waals surface area contributed by atoms with Gasteiger partial charge in [-0.3, -0.25) is 9.97 Å². The zero-order valence-electron chi connectivity index (χ0n) is 25.9. The van der Waals surface area contributed by atoms with Crippen LogP contribution in [0.1, 0.15) is 62.8 Å². The number of ether oxygens (including phenoxy) is 2. The molecule has 0 atom stereocenters. The minimum atomic E-state index is 0.756. The number of halogens is 2. The topological polar surface area (TPSA) is 44.2 Å². The fourth-order valence-electron chi connectivity index (χ4n) is 5.65. The summed E-state index contributed by atoms with van der Waals surface area (Å²) in [5.41, 5.74) is 8.44. The van der Waals surface area contributed by atoms with Crippen LogP contribution in [0.2, 0.25) is 0 Å². The van der Waals surface area contributed by atoms with E-state index in [4.69, 9.17) is 19.4 Å². The molecule has 44 heavy (non-hydrogen) atoms. The molecule has 0 saturated carbocycles. The van der Waals surface area contributed by atoms with Gasteiger partial charge in [-0.15, -0.1) is 0 Å². The molecule has 0 unspecified atom stereocenters. The minimum Gasteiger partial charge on any atom is -0.494 e. The summed E-state index contributed by atoms with van der Waals surface area (Å²) in [6.07, 6.45) is 9.50. The van der Waals surface area contributed by atoms with E-state index in [2.05, 4.69) is 119 Å². The van der Waals surface area contributed by atoms with Gasteiger partial charge < -0.3 is 9.47 Å². The van der Waals surface area contributed by atoms with Crippen molar-refractivity contribution in [2.24, 2.45) is 0 Å². The van der Waals surface area contributed by atoms with Crippen molar-refractivity contribution in [3.8, 4) is 33.8 Å². The van der Waals surface area contributed by atoms with E-state index in [1.54, 1.807) is 0 Å². The maximum Gasteiger partial charge on any atom is 0.119 e. The second-order valence-electron chi connectivity index (χ2n) is 11.4. The summed E-state index contributed by atoms with van der Waals surface area (Å²) in [5.74, 6) is 1.83. The van der Waals surface area contributed by atoms with Crippen LogP contribution in [0.3, 0.4) is 0 Å². The van der Waals surface area contributed by atoms with Gasteiger partial charge >= 0.3 is 0 Å². The standard InChI is InChI=1S/C38H42Br2N2O2/c1-27-25-35(29-11-15-31(16-12-29)43-23-9-5-3-7-21-39)33-19-20-34-36(26-28(2)42-38(34)37(33)41-27)30-13-17-32(18-14-30)44-24-10-6-4-8-22-40/h11-20,25-26H,3-10,21-24H2,1-2H3. The molecule has 3 aromatic carbocycles. The number of hydrogen-bond donors (Lipinski definition) is 0. The van der Waals surface area contributed by atoms with Crippen molar-refractivity contribution in [3.05, 3.63) is 84.2 Å². The maximum atomic E-state index is 6.02. The van der Waals surface area contributed by atoms with E-state index < -0.39 is 0 Å². The molecule has 0 amide bonds. The molecule has 0 bridgehead atoms. The molecule has 0 radical (unpaired) electrons. The summed E-state index contributed by atoms with van der Waals surface area (Å²) in [6, 6.07) is 25.7. The minimum absolute atomic E-state index is 0.756. The van der Waals surface area contributed by atoms with E-state index in [1.165, 1.54) is 38.5 Å². The van der Waals surface area contributed by atoms with Crippen molar-refractivity contribution >= 4 is 53.7 Å². The molecule has 4 nitrogen and oxygen atoms in total. The lowest BCUT2D eigenvalue weighted by Gasteiger charge is -2.14. The number of unbranched alkanes of at least 4 members (excludes halogenated alkanes) is 6. The zero-order valence-corrected chi connectivity index (χ0v) is 29.1. The summed E-state index contributed by atoms with van der Waals surface area (Å²) < 4.78 is 12.0. The van der Waals surface area contributed by atoms with Gasteiger partial charge in [0.05, 0.1) is 24.2 Å². The van der Waals surface area contributed by atoms with Crippen LogP contribution in [0.25, 0.3) is 44.1 Å². The SMILES string of the molecule is Cc1cc(-c2ccc(OCCCCCCBr)cc2)c2ccc3c(-c4ccc(OCCCCCCBr)cc4)cc(C)nc3c2n1. The predicted molar refractivity (Wildman–Crippen MR) is 193 cm³/mol. The number of benzene rings is 3. The first-order valence-corrected chi connectivity index (χ1v) is 18.1. The van der Waals surface area contributed by atoms with E-state index in [9.17, 15) is 0 Å². The van der Waals surface area contributed by atoms with Gasteiger partial charge in [0.15, 0.2) is 0 Å². The Bertz CT molecular complexity index is 1530. The van der Waals surface area contributed by atoms with Gasteiger partial charge in [0.25, 0.3) is 0 Å². The van der Waals surface area contributed by atoms with Crippen molar-refractivity contribution in [3.63, 3.8) is 0 Å². The van der Waals surface area contributed by atoms with E-state index in [0.29, 0.717) is 0 Å². The van der Waals surface area contributed by atoms with Gasteiger partial charge in [0, 0.05) is 32.8 Å². The lowest BCUT2D eigenvalue weighted by molar-refractivity contribution is 0.305. The molecule has 2 heterocycles. The fraction of sp³-hybridized carbons (Fsp3) is 0.368. The number of alkyl halides is 2. The number of fused-ring (bicyclic) bond motifs is 3. The Labute approximate surface area is 278 Å². The van der Waals surface area contributed by atoms with Crippen molar-refractivity contribution in [1.29, 1.82) is 0 Å². The second-order valence-corrected chi connectivity index (χ2v) is 13.0. The van der Waals surface area contributed by atoms with Crippen LogP contribution >= 0.6 is 31.9 Å². The lowest BCUT2D eigenvalue weighted by Crippen LogP contribution is -1.98. The van der Waals surface area contributed by atoms with Crippen LogP contribution in [-0.4, -0.2) is 33.8 Å². The van der Waals surface area contributed by atoms with E-state index in [-0.39, 0.29) is 0 Å². The van der Waals surface area contributed by atoms with Crippen molar-refractivity contribution in [1.82, 2.24) is 9.97 Å². The third-order valence-electron chi connectivity index (χ3n) is 7.94. The highest BCUT2D eigenvalue weighted by Crippen LogP contribution is 2.37. The first-order valence-electron chi connectivity index (χ1n) is 15.9. The Morgan fingerprint density at radius 2 is 0.886 bits per heavy atom. The quantitative estimate of drug-likeness (QED) is 0.0579. The highest BCUT2D eigenvalue weighted by molar-refractivity contribution is 9.09. The Morgan fingerprint density at radius 1 is 0.500 bits per heavy atom. The van der Waals surface area contributed by atoms with Gasteiger partial charge in [-0.05, 0) is 98.2 Å². The number of pyridine rings is 2. The molecule has 2 aromatic heterocycles. The van der Waals surface area contributed by atoms with Gasteiger partial charge in [0.2, 0.25) is 0 Å². The average molecular weight is 719 g/mol. The summed E-state index contributed by atoms with van der Waals surface area (Å²) in [4.78, 5) is 10.0. The Morgan fingerprint density at radius 3 is 1.27 bits per heavy atom. The number of aromatic nitrogens is 2. The average Bonchev–Trinajstić information content (AvgIpc) is 3.04. The molecule has 0 saturated heterocycles. The Hall–Kier alpha value is -2.96. The highest BCUT2D eigenvalue weighted by atomic mass is 79.9. The molecule has 0 N–H and O–H groups in total. The molecule has 0 aliphatic rings. The number of nitrogens with zero attached hydrogens (tertiary/aromatic N) is 2. The summed E-state index contributed by atoms with van der Waals surface area (Å²) in [5, 5.41) is 4.36. The van der Waals surface area contributed by atoms with E-state index in [0.717, 1.165) is 104 Å². The Balaban J connectivity index is 1.38. The van der Waals surface area contributed by atoms with Crippen LogP contribution in [0.15, 0.2) is 72.8 Å². The number of hydrogen-bond acceptors (Lipinski definition) is 4. The monoisotopic (exact) mass is 716 g/mol. The largest absolute Gasteiger partial charge is 0.494 e. The van der Waals surface area contributed by atoms with Crippen molar-refractivity contribution < 1.29 is 9.47 Å². The first kappa shape index (κ1) is 32.4. The van der Waals surface area contributed by atoms with Crippen LogP contribution in [0, 0.1) is 13.8 Å². The molecule has 5 aromatic rings. The van der Waals surface area contributed by atoms with E-state index >= 15 is 0 Å². The van der Waals surface area contributed by atoms with Crippen molar-refractivity contribution in [2.75, 3.05) is 23.9 Å². The third-order valence-corrected chi connectivity index (χ3v) is 9.06. The summed E-state index contributed by atoms with van der Waals surface area (Å²) >= 11 is 7.00. The van der Waals surface area contributed by atoms with Gasteiger partial charge in [-0.1, -0.05) is 93.9 Å². The van der Waals surface area contributed by atoms with Crippen LogP contribution in [0.4, 0.5) is 0 Å². The van der Waals surface area contributed by atoms with E-state index in [1.807, 2.05) is 0 Å². The molecular formula is C38H42Br2N2O2. The number of rotatable bonds is 16. The maximum absolute atomic E-state index is 6.02. The molecule has 230 valence electrons. The van der Waals surface area contributed by atoms with Crippen LogP contribution in [-0.2, 0) is 0 Å². The molecule has 0 fully saturated rings. The predicted octanol–water partition coefficient (Wildman–Crippen LogP) is 11.4. The molecule has 6 heteroatoms. The summed E-state index contributed by atoms with van der Waals surface area (Å²) in [6.45, 7) is 5.63. The normalized spacial score (nSPS) is 11.4. The zero-order chi connectivity index (χ0) is 30.7. The second kappa shape index (κ2) is 16.4. The number of aryl methyl sites for hydroxylation is 2. The van der Waals surface area contributed by atoms with Gasteiger partial charge in [0.1, 0.15) is 11.5 Å².